The van der Waals surface area contributed by atoms with E-state index in [0.29, 0.717) is 10.8 Å². The number of carboxylic acid groups (broad SMARTS) is 1. The van der Waals surface area contributed by atoms with Gasteiger partial charge in [0.15, 0.2) is 11.5 Å². The second-order valence-corrected chi connectivity index (χ2v) is 5.19. The minimum atomic E-state index is -0.997. The molecule has 0 unspecified atom stereocenters. The maximum Gasteiger partial charge on any atom is 0.355 e. The van der Waals surface area contributed by atoms with Crippen LogP contribution in [0.1, 0.15) is 21.6 Å². The summed E-state index contributed by atoms with van der Waals surface area (Å²) < 4.78 is 1.37. The van der Waals surface area contributed by atoms with Crippen molar-refractivity contribution in [3.05, 3.63) is 40.4 Å². The van der Waals surface area contributed by atoms with Crippen molar-refractivity contribution >= 4 is 22.3 Å². The van der Waals surface area contributed by atoms with Gasteiger partial charge in [-0.25, -0.2) is 4.79 Å². The molecule has 1 N–H and O–H groups in total. The number of aromatic carboxylic acids is 1. The van der Waals surface area contributed by atoms with Gasteiger partial charge in [0.05, 0.1) is 0 Å². The zero-order valence-electron chi connectivity index (χ0n) is 10.4. The van der Waals surface area contributed by atoms with Crippen LogP contribution in [-0.4, -0.2) is 25.7 Å². The van der Waals surface area contributed by atoms with E-state index in [1.54, 1.807) is 5.38 Å². The van der Waals surface area contributed by atoms with Gasteiger partial charge in [-0.1, -0.05) is 12.1 Å². The molecule has 0 aliphatic rings. The van der Waals surface area contributed by atoms with Gasteiger partial charge in [0.25, 0.3) is 0 Å². The number of hydrogen-bond donors (Lipinski definition) is 1. The highest BCUT2D eigenvalue weighted by molar-refractivity contribution is 7.15. The summed E-state index contributed by atoms with van der Waals surface area (Å²) in [4.78, 5) is 16.0. The Kier molecular flexibility index (Phi) is 2.60. The van der Waals surface area contributed by atoms with E-state index < -0.39 is 5.97 Å². The number of nitrogens with zero attached hydrogens (tertiary/aromatic N) is 3. The summed E-state index contributed by atoms with van der Waals surface area (Å²) in [6.45, 7) is 4.07. The van der Waals surface area contributed by atoms with Crippen molar-refractivity contribution in [2.24, 2.45) is 0 Å². The normalized spacial score (nSPS) is 11.1. The van der Waals surface area contributed by atoms with Gasteiger partial charge in [-0.3, -0.25) is 0 Å². The van der Waals surface area contributed by atoms with Gasteiger partial charge in [0.2, 0.25) is 4.96 Å². The molecule has 2 aromatic heterocycles. The molecule has 2 heterocycles. The number of benzene rings is 1. The van der Waals surface area contributed by atoms with Crippen LogP contribution in [0.3, 0.4) is 0 Å². The molecule has 1 aromatic carbocycles. The van der Waals surface area contributed by atoms with Crippen molar-refractivity contribution in [3.8, 4) is 11.4 Å². The first kappa shape index (κ1) is 11.9. The van der Waals surface area contributed by atoms with E-state index >= 15 is 0 Å². The monoisotopic (exact) mass is 273 g/mol. The zero-order chi connectivity index (χ0) is 13.6. The molecule has 0 saturated carbocycles. The minimum absolute atomic E-state index is 0.141. The van der Waals surface area contributed by atoms with Gasteiger partial charge in [-0.2, -0.15) is 9.50 Å². The molecule has 3 aromatic rings. The van der Waals surface area contributed by atoms with Crippen LogP contribution in [0.4, 0.5) is 0 Å². The van der Waals surface area contributed by atoms with Gasteiger partial charge in [0.1, 0.15) is 0 Å². The summed E-state index contributed by atoms with van der Waals surface area (Å²) in [7, 11) is 0. The molecule has 0 atom stereocenters. The summed E-state index contributed by atoms with van der Waals surface area (Å²) >= 11 is 1.27. The van der Waals surface area contributed by atoms with Gasteiger partial charge in [0, 0.05) is 10.9 Å². The molecule has 0 fully saturated rings. The van der Waals surface area contributed by atoms with Crippen molar-refractivity contribution in [2.75, 3.05) is 0 Å². The van der Waals surface area contributed by atoms with E-state index in [-0.39, 0.29) is 5.69 Å². The van der Waals surface area contributed by atoms with Crippen molar-refractivity contribution in [3.63, 3.8) is 0 Å². The molecule has 0 aliphatic carbocycles. The summed E-state index contributed by atoms with van der Waals surface area (Å²) in [5.41, 5.74) is 3.41. The van der Waals surface area contributed by atoms with Crippen molar-refractivity contribution < 1.29 is 9.90 Å². The number of fused-ring (bicyclic) bond motifs is 1. The Morgan fingerprint density at radius 3 is 2.79 bits per heavy atom. The molecule has 19 heavy (non-hydrogen) atoms. The number of rotatable bonds is 2. The number of aryl methyl sites for hydroxylation is 2. The Balaban J connectivity index is 2.15. The van der Waals surface area contributed by atoms with Crippen LogP contribution in [0.25, 0.3) is 16.3 Å². The van der Waals surface area contributed by atoms with Crippen molar-refractivity contribution in [2.45, 2.75) is 13.8 Å². The third kappa shape index (κ3) is 1.90. The van der Waals surface area contributed by atoms with Crippen LogP contribution < -0.4 is 0 Å². The van der Waals surface area contributed by atoms with Gasteiger partial charge in [-0.05, 0) is 31.0 Å². The number of carbonyl (C=O) groups is 1. The molecule has 6 heteroatoms. The van der Waals surface area contributed by atoms with Crippen LogP contribution in [0.15, 0.2) is 23.6 Å². The maximum atomic E-state index is 11.0. The molecule has 0 aliphatic heterocycles. The van der Waals surface area contributed by atoms with Crippen LogP contribution >= 0.6 is 11.3 Å². The largest absolute Gasteiger partial charge is 0.476 e. The average molecular weight is 273 g/mol. The van der Waals surface area contributed by atoms with Gasteiger partial charge in [-0.15, -0.1) is 16.4 Å². The number of carboxylic acids is 1. The third-order valence-corrected chi connectivity index (χ3v) is 3.88. The van der Waals surface area contributed by atoms with E-state index in [2.05, 4.69) is 10.1 Å². The number of hydrogen-bond acceptors (Lipinski definition) is 4. The Hall–Kier alpha value is -2.21. The Morgan fingerprint density at radius 2 is 2.11 bits per heavy atom. The maximum absolute atomic E-state index is 11.0. The first-order chi connectivity index (χ1) is 9.06. The fourth-order valence-electron chi connectivity index (χ4n) is 1.83. The molecule has 0 radical (unpaired) electrons. The number of thiazole rings is 1. The lowest BCUT2D eigenvalue weighted by atomic mass is 10.1. The Morgan fingerprint density at radius 1 is 1.32 bits per heavy atom. The van der Waals surface area contributed by atoms with Crippen LogP contribution in [-0.2, 0) is 0 Å². The van der Waals surface area contributed by atoms with Crippen molar-refractivity contribution in [1.82, 2.24) is 14.6 Å². The minimum Gasteiger partial charge on any atom is -0.476 e. The van der Waals surface area contributed by atoms with Crippen LogP contribution in [0.2, 0.25) is 0 Å². The summed E-state index contributed by atoms with van der Waals surface area (Å²) in [5.74, 6) is -0.444. The molecule has 3 rings (SSSR count). The Labute approximate surface area is 113 Å². The lowest BCUT2D eigenvalue weighted by Gasteiger charge is -2.01. The molecule has 0 spiro atoms. The van der Waals surface area contributed by atoms with E-state index in [1.165, 1.54) is 21.4 Å². The predicted molar refractivity (Wildman–Crippen MR) is 72.7 cm³/mol. The molecule has 0 amide bonds. The number of aromatic nitrogens is 3. The smallest absolute Gasteiger partial charge is 0.355 e. The quantitative estimate of drug-likeness (QED) is 0.779. The Bertz CT molecular complexity index is 788. The summed E-state index contributed by atoms with van der Waals surface area (Å²) in [5, 5.41) is 14.9. The molecule has 5 nitrogen and oxygen atoms in total. The van der Waals surface area contributed by atoms with E-state index in [9.17, 15) is 4.79 Å². The fourth-order valence-corrected chi connectivity index (χ4v) is 2.63. The molecular weight excluding hydrogens is 262 g/mol. The summed E-state index contributed by atoms with van der Waals surface area (Å²) in [6.07, 6.45) is 0. The van der Waals surface area contributed by atoms with Crippen molar-refractivity contribution in [1.29, 1.82) is 0 Å². The second-order valence-electron chi connectivity index (χ2n) is 4.35. The molecular formula is C13H11N3O2S. The fraction of sp³-hybridized carbons (Fsp3) is 0.154. The topological polar surface area (TPSA) is 67.5 Å². The van der Waals surface area contributed by atoms with Gasteiger partial charge < -0.3 is 5.11 Å². The molecule has 0 saturated heterocycles. The summed E-state index contributed by atoms with van der Waals surface area (Å²) in [6, 6.07) is 5.97. The third-order valence-electron chi connectivity index (χ3n) is 3.07. The lowest BCUT2D eigenvalue weighted by Crippen LogP contribution is -2.01. The predicted octanol–water partition coefficient (Wildman–Crippen LogP) is 2.77. The van der Waals surface area contributed by atoms with Crippen LogP contribution in [0.5, 0.6) is 0 Å². The lowest BCUT2D eigenvalue weighted by molar-refractivity contribution is 0.0688. The highest BCUT2D eigenvalue weighted by Gasteiger charge is 2.15. The SMILES string of the molecule is Cc1ccc(-c2nc3scc(C(=O)O)n3n2)cc1C. The van der Waals surface area contributed by atoms with Gasteiger partial charge >= 0.3 is 5.97 Å². The van der Waals surface area contributed by atoms with Crippen LogP contribution in [0, 0.1) is 13.8 Å². The van der Waals surface area contributed by atoms with E-state index in [1.807, 2.05) is 32.0 Å². The van der Waals surface area contributed by atoms with E-state index in [0.717, 1.165) is 11.1 Å². The standard InChI is InChI=1S/C13H11N3O2S/c1-7-3-4-9(5-8(7)2)11-14-13-16(15-11)10(6-19-13)12(17)18/h3-6H,1-2H3,(H,17,18). The zero-order valence-corrected chi connectivity index (χ0v) is 11.2. The molecule has 96 valence electrons. The highest BCUT2D eigenvalue weighted by Crippen LogP contribution is 2.22. The second kappa shape index (κ2) is 4.17. The highest BCUT2D eigenvalue weighted by atomic mass is 32.1. The average Bonchev–Trinajstić information content (AvgIpc) is 2.91. The first-order valence-electron chi connectivity index (χ1n) is 5.71. The first-order valence-corrected chi connectivity index (χ1v) is 6.59. The molecule has 0 bridgehead atoms. The van der Waals surface area contributed by atoms with E-state index in [4.69, 9.17) is 5.11 Å².